The van der Waals surface area contributed by atoms with Gasteiger partial charge in [-0.05, 0) is 36.6 Å². The first kappa shape index (κ1) is 15.2. The van der Waals surface area contributed by atoms with Gasteiger partial charge in [-0.25, -0.2) is 12.8 Å². The average molecular weight is 323 g/mol. The van der Waals surface area contributed by atoms with Crippen molar-refractivity contribution < 1.29 is 17.2 Å². The fourth-order valence-electron chi connectivity index (χ4n) is 2.52. The molecule has 0 saturated heterocycles. The fraction of sp³-hybridized carbons (Fsp3) is 0.375. The van der Waals surface area contributed by atoms with Gasteiger partial charge in [-0.2, -0.15) is 4.31 Å². The number of hydrogen-bond donors (Lipinski definition) is 0. The third-order valence-corrected chi connectivity index (χ3v) is 5.90. The summed E-state index contributed by atoms with van der Waals surface area (Å²) in [6, 6.07) is 9.05. The molecule has 1 aliphatic carbocycles. The summed E-state index contributed by atoms with van der Waals surface area (Å²) in [6.07, 6.45) is 1.11. The van der Waals surface area contributed by atoms with Gasteiger partial charge in [0.25, 0.3) is 0 Å². The standard InChI is InChI=1S/C16H18FNO3S/c1-11-9-13(11)15-8-7-12(21-15)10-18(2)22(19,20)16-6-4-3-5-14(16)17/h3-8,11,13H,9-10H2,1-2H3/t11-,13-/m1/s1. The molecule has 3 rings (SSSR count). The Labute approximate surface area is 129 Å². The maximum absolute atomic E-state index is 13.7. The zero-order valence-electron chi connectivity index (χ0n) is 12.5. The summed E-state index contributed by atoms with van der Waals surface area (Å²) in [5.41, 5.74) is 0. The van der Waals surface area contributed by atoms with Gasteiger partial charge in [-0.15, -0.1) is 0 Å². The molecule has 6 heteroatoms. The highest BCUT2D eigenvalue weighted by Crippen LogP contribution is 2.47. The minimum atomic E-state index is -3.88. The molecule has 0 bridgehead atoms. The van der Waals surface area contributed by atoms with Crippen LogP contribution >= 0.6 is 0 Å². The highest BCUT2D eigenvalue weighted by molar-refractivity contribution is 7.89. The Morgan fingerprint density at radius 2 is 1.95 bits per heavy atom. The van der Waals surface area contributed by atoms with Crippen LogP contribution in [0.5, 0.6) is 0 Å². The van der Waals surface area contributed by atoms with E-state index in [9.17, 15) is 12.8 Å². The second-order valence-electron chi connectivity index (χ2n) is 5.82. The van der Waals surface area contributed by atoms with Crippen molar-refractivity contribution in [2.45, 2.75) is 30.7 Å². The lowest BCUT2D eigenvalue weighted by molar-refractivity contribution is 0.388. The highest BCUT2D eigenvalue weighted by Gasteiger charge is 2.36. The first-order valence-corrected chi connectivity index (χ1v) is 8.63. The van der Waals surface area contributed by atoms with Crippen LogP contribution in [0.1, 0.15) is 30.8 Å². The number of benzene rings is 1. The quantitative estimate of drug-likeness (QED) is 0.848. The summed E-state index contributed by atoms with van der Waals surface area (Å²) in [5.74, 6) is 1.79. The van der Waals surface area contributed by atoms with Crippen LogP contribution in [-0.4, -0.2) is 19.8 Å². The van der Waals surface area contributed by atoms with Crippen molar-refractivity contribution in [2.24, 2.45) is 5.92 Å². The largest absolute Gasteiger partial charge is 0.464 e. The number of nitrogens with zero attached hydrogens (tertiary/aromatic N) is 1. The second-order valence-corrected chi connectivity index (χ2v) is 7.83. The molecular weight excluding hydrogens is 305 g/mol. The molecule has 4 nitrogen and oxygen atoms in total. The molecule has 1 heterocycles. The van der Waals surface area contributed by atoms with Gasteiger partial charge < -0.3 is 4.42 Å². The second kappa shape index (κ2) is 5.52. The molecule has 0 N–H and O–H groups in total. The van der Waals surface area contributed by atoms with Crippen molar-refractivity contribution in [3.05, 3.63) is 53.7 Å². The van der Waals surface area contributed by atoms with Crippen LogP contribution < -0.4 is 0 Å². The molecule has 1 saturated carbocycles. The van der Waals surface area contributed by atoms with Gasteiger partial charge in [0.05, 0.1) is 6.54 Å². The minimum absolute atomic E-state index is 0.0811. The number of sulfonamides is 1. The monoisotopic (exact) mass is 323 g/mol. The normalized spacial score (nSPS) is 21.3. The Hall–Kier alpha value is -1.66. The predicted molar refractivity (Wildman–Crippen MR) is 80.3 cm³/mol. The summed E-state index contributed by atoms with van der Waals surface area (Å²) in [7, 11) is -2.46. The van der Waals surface area contributed by atoms with Crippen molar-refractivity contribution in [1.29, 1.82) is 0 Å². The van der Waals surface area contributed by atoms with Crippen LogP contribution in [0.15, 0.2) is 45.7 Å². The summed E-state index contributed by atoms with van der Waals surface area (Å²) in [5, 5.41) is 0. The molecule has 1 aromatic carbocycles. The van der Waals surface area contributed by atoms with Crippen LogP contribution in [0, 0.1) is 11.7 Å². The van der Waals surface area contributed by atoms with Crippen LogP contribution in [0.2, 0.25) is 0 Å². The molecule has 1 aliphatic rings. The van der Waals surface area contributed by atoms with Crippen LogP contribution in [-0.2, 0) is 16.6 Å². The Morgan fingerprint density at radius 1 is 1.27 bits per heavy atom. The molecule has 1 aromatic heterocycles. The van der Waals surface area contributed by atoms with Crippen LogP contribution in [0.3, 0.4) is 0 Å². The van der Waals surface area contributed by atoms with E-state index in [4.69, 9.17) is 4.42 Å². The first-order valence-electron chi connectivity index (χ1n) is 7.19. The fourth-order valence-corrected chi connectivity index (χ4v) is 3.72. The number of rotatable bonds is 5. The van der Waals surface area contributed by atoms with E-state index in [0.717, 1.165) is 22.6 Å². The van der Waals surface area contributed by atoms with Gasteiger partial charge in [-0.3, -0.25) is 0 Å². The van der Waals surface area contributed by atoms with Gasteiger partial charge >= 0.3 is 0 Å². The molecule has 0 unspecified atom stereocenters. The lowest BCUT2D eigenvalue weighted by atomic mass is 10.3. The highest BCUT2D eigenvalue weighted by atomic mass is 32.2. The van der Waals surface area contributed by atoms with E-state index in [-0.39, 0.29) is 11.4 Å². The molecule has 0 amide bonds. The van der Waals surface area contributed by atoms with Crippen LogP contribution in [0.25, 0.3) is 0 Å². The maximum Gasteiger partial charge on any atom is 0.246 e. The minimum Gasteiger partial charge on any atom is -0.464 e. The predicted octanol–water partition coefficient (Wildman–Crippen LogP) is 3.36. The maximum atomic E-state index is 13.7. The van der Waals surface area contributed by atoms with Crippen molar-refractivity contribution in [1.82, 2.24) is 4.31 Å². The zero-order chi connectivity index (χ0) is 15.9. The van der Waals surface area contributed by atoms with Crippen molar-refractivity contribution in [3.63, 3.8) is 0 Å². The van der Waals surface area contributed by atoms with Crippen molar-refractivity contribution in [3.8, 4) is 0 Å². The molecule has 0 spiro atoms. The van der Waals surface area contributed by atoms with E-state index in [1.165, 1.54) is 25.2 Å². The number of furan rings is 1. The molecule has 2 aromatic rings. The molecular formula is C16H18FNO3S. The number of hydrogen-bond acceptors (Lipinski definition) is 3. The summed E-state index contributed by atoms with van der Waals surface area (Å²) in [4.78, 5) is -0.319. The molecule has 1 fully saturated rings. The van der Waals surface area contributed by atoms with Gasteiger partial charge in [0.1, 0.15) is 22.2 Å². The zero-order valence-corrected chi connectivity index (χ0v) is 13.3. The lowest BCUT2D eigenvalue weighted by Crippen LogP contribution is -2.27. The molecule has 2 atom stereocenters. The lowest BCUT2D eigenvalue weighted by Gasteiger charge is -2.16. The smallest absolute Gasteiger partial charge is 0.246 e. The Kier molecular flexibility index (Phi) is 3.82. The summed E-state index contributed by atoms with van der Waals surface area (Å²) in [6.45, 7) is 2.24. The van der Waals surface area contributed by atoms with Gasteiger partial charge in [0.2, 0.25) is 10.0 Å². The van der Waals surface area contributed by atoms with E-state index in [0.29, 0.717) is 17.6 Å². The molecule has 0 aliphatic heterocycles. The van der Waals surface area contributed by atoms with Gasteiger partial charge in [-0.1, -0.05) is 19.1 Å². The Balaban J connectivity index is 1.77. The van der Waals surface area contributed by atoms with E-state index in [2.05, 4.69) is 6.92 Å². The van der Waals surface area contributed by atoms with Crippen LogP contribution in [0.4, 0.5) is 4.39 Å². The SMILES string of the molecule is C[C@@H]1C[C@H]1c1ccc(CN(C)S(=O)(=O)c2ccccc2F)o1. The van der Waals surface area contributed by atoms with E-state index < -0.39 is 15.8 Å². The van der Waals surface area contributed by atoms with Crippen molar-refractivity contribution >= 4 is 10.0 Å². The Morgan fingerprint density at radius 3 is 2.59 bits per heavy atom. The summed E-state index contributed by atoms with van der Waals surface area (Å²) < 4.78 is 45.3. The summed E-state index contributed by atoms with van der Waals surface area (Å²) >= 11 is 0. The third-order valence-electron chi connectivity index (χ3n) is 4.06. The van der Waals surface area contributed by atoms with E-state index in [1.54, 1.807) is 6.07 Å². The van der Waals surface area contributed by atoms with E-state index >= 15 is 0 Å². The number of halogens is 1. The topological polar surface area (TPSA) is 50.5 Å². The average Bonchev–Trinajstić information content (AvgIpc) is 3.02. The Bertz CT molecular complexity index is 784. The third kappa shape index (κ3) is 2.80. The van der Waals surface area contributed by atoms with Gasteiger partial charge in [0, 0.05) is 13.0 Å². The molecule has 22 heavy (non-hydrogen) atoms. The molecule has 0 radical (unpaired) electrons. The van der Waals surface area contributed by atoms with Crippen molar-refractivity contribution in [2.75, 3.05) is 7.05 Å². The van der Waals surface area contributed by atoms with E-state index in [1.807, 2.05) is 6.07 Å². The molecule has 118 valence electrons. The first-order chi connectivity index (χ1) is 10.4. The van der Waals surface area contributed by atoms with Gasteiger partial charge in [0.15, 0.2) is 0 Å².